The Labute approximate surface area is 161 Å². The van der Waals surface area contributed by atoms with E-state index in [0.717, 1.165) is 29.1 Å². The second kappa shape index (κ2) is 7.44. The van der Waals surface area contributed by atoms with Gasteiger partial charge in [-0.3, -0.25) is 0 Å². The number of halogens is 1. The maximum Gasteiger partial charge on any atom is 0.225 e. The van der Waals surface area contributed by atoms with Gasteiger partial charge in [0.2, 0.25) is 5.28 Å². The molecule has 0 N–H and O–H groups in total. The van der Waals surface area contributed by atoms with Crippen molar-refractivity contribution in [3.8, 4) is 0 Å². The molecule has 0 radical (unpaired) electrons. The molecule has 0 aliphatic carbocycles. The molecule has 5 heteroatoms. The maximum atomic E-state index is 6.24. The highest BCUT2D eigenvalue weighted by atomic mass is 35.5. The molecule has 2 aromatic heterocycles. The molecule has 4 aromatic rings. The summed E-state index contributed by atoms with van der Waals surface area (Å²) < 4.78 is 0. The van der Waals surface area contributed by atoms with Crippen LogP contribution in [-0.4, -0.2) is 9.97 Å². The van der Waals surface area contributed by atoms with E-state index in [1.54, 1.807) is 11.3 Å². The second-order valence-electron chi connectivity index (χ2n) is 6.22. The Morgan fingerprint density at radius 1 is 0.885 bits per heavy atom. The summed E-state index contributed by atoms with van der Waals surface area (Å²) in [5.74, 6) is 0.886. The van der Waals surface area contributed by atoms with E-state index in [1.807, 2.05) is 12.1 Å². The van der Waals surface area contributed by atoms with Crippen molar-refractivity contribution >= 4 is 39.0 Å². The summed E-state index contributed by atoms with van der Waals surface area (Å²) in [4.78, 5) is 13.4. The molecule has 4 rings (SSSR count). The molecule has 0 atom stereocenters. The standard InChI is InChI=1S/C21H18ClN3S/c1-15-12-18-19(23-21(22)24-20(18)26-15)25(13-16-8-4-2-5-9-16)14-17-10-6-3-7-11-17/h2-12H,13-14H2,1H3. The molecule has 2 aromatic carbocycles. The van der Waals surface area contributed by atoms with E-state index >= 15 is 0 Å². The summed E-state index contributed by atoms with van der Waals surface area (Å²) in [7, 11) is 0. The van der Waals surface area contributed by atoms with Crippen molar-refractivity contribution in [3.05, 3.63) is 88.0 Å². The van der Waals surface area contributed by atoms with E-state index in [9.17, 15) is 0 Å². The summed E-state index contributed by atoms with van der Waals surface area (Å²) in [6, 6.07) is 23.0. The monoisotopic (exact) mass is 379 g/mol. The van der Waals surface area contributed by atoms with Crippen LogP contribution in [0, 0.1) is 6.92 Å². The summed E-state index contributed by atoms with van der Waals surface area (Å²) >= 11 is 7.89. The lowest BCUT2D eigenvalue weighted by Gasteiger charge is -2.25. The fraction of sp³-hybridized carbons (Fsp3) is 0.143. The molecule has 130 valence electrons. The maximum absolute atomic E-state index is 6.24. The average molecular weight is 380 g/mol. The molecule has 0 saturated carbocycles. The zero-order valence-electron chi connectivity index (χ0n) is 14.4. The van der Waals surface area contributed by atoms with Crippen molar-refractivity contribution in [1.29, 1.82) is 0 Å². The molecular weight excluding hydrogens is 362 g/mol. The van der Waals surface area contributed by atoms with E-state index < -0.39 is 0 Å². The van der Waals surface area contributed by atoms with Crippen LogP contribution in [0.1, 0.15) is 16.0 Å². The number of benzene rings is 2. The van der Waals surface area contributed by atoms with Gasteiger partial charge in [0.25, 0.3) is 0 Å². The smallest absolute Gasteiger partial charge is 0.225 e. The van der Waals surface area contributed by atoms with Crippen molar-refractivity contribution in [2.24, 2.45) is 0 Å². The Kier molecular flexibility index (Phi) is 4.87. The topological polar surface area (TPSA) is 29.0 Å². The van der Waals surface area contributed by atoms with Gasteiger partial charge in [0.05, 0.1) is 5.39 Å². The Bertz CT molecular complexity index is 974. The van der Waals surface area contributed by atoms with Crippen LogP contribution >= 0.6 is 22.9 Å². The van der Waals surface area contributed by atoms with Crippen molar-refractivity contribution in [2.45, 2.75) is 20.0 Å². The third-order valence-electron chi connectivity index (χ3n) is 4.20. The average Bonchev–Trinajstić information content (AvgIpc) is 3.02. The Morgan fingerprint density at radius 3 is 2.04 bits per heavy atom. The van der Waals surface area contributed by atoms with Crippen LogP contribution in [0.25, 0.3) is 10.2 Å². The molecule has 0 bridgehead atoms. The fourth-order valence-electron chi connectivity index (χ4n) is 3.06. The molecule has 0 aliphatic rings. The fourth-order valence-corrected chi connectivity index (χ4v) is 4.14. The minimum absolute atomic E-state index is 0.292. The normalized spacial score (nSPS) is 11.0. The number of fused-ring (bicyclic) bond motifs is 1. The summed E-state index contributed by atoms with van der Waals surface area (Å²) in [6.07, 6.45) is 0. The van der Waals surface area contributed by atoms with Crippen LogP contribution in [0.3, 0.4) is 0 Å². The summed E-state index contributed by atoms with van der Waals surface area (Å²) in [5, 5.41) is 1.35. The molecule has 0 saturated heterocycles. The van der Waals surface area contributed by atoms with Gasteiger partial charge in [0.15, 0.2) is 0 Å². The lowest BCUT2D eigenvalue weighted by atomic mass is 10.1. The van der Waals surface area contributed by atoms with E-state index in [4.69, 9.17) is 11.6 Å². The van der Waals surface area contributed by atoms with Crippen LogP contribution in [0.5, 0.6) is 0 Å². The van der Waals surface area contributed by atoms with Gasteiger partial charge in [-0.2, -0.15) is 4.98 Å². The third kappa shape index (κ3) is 3.71. The second-order valence-corrected chi connectivity index (χ2v) is 7.79. The largest absolute Gasteiger partial charge is 0.347 e. The molecule has 2 heterocycles. The van der Waals surface area contributed by atoms with Crippen LogP contribution in [0.4, 0.5) is 5.82 Å². The van der Waals surface area contributed by atoms with E-state index in [0.29, 0.717) is 5.28 Å². The number of thiophene rings is 1. The number of nitrogens with zero attached hydrogens (tertiary/aromatic N) is 3. The predicted octanol–water partition coefficient (Wildman–Crippen LogP) is 5.86. The highest BCUT2D eigenvalue weighted by molar-refractivity contribution is 7.18. The van der Waals surface area contributed by atoms with Crippen LogP contribution in [0.15, 0.2) is 66.7 Å². The molecule has 0 spiro atoms. The number of anilines is 1. The first-order chi connectivity index (χ1) is 12.7. The van der Waals surface area contributed by atoms with E-state index in [-0.39, 0.29) is 0 Å². The molecule has 0 unspecified atom stereocenters. The molecule has 0 fully saturated rings. The highest BCUT2D eigenvalue weighted by Gasteiger charge is 2.17. The molecule has 26 heavy (non-hydrogen) atoms. The Hall–Kier alpha value is -2.43. The van der Waals surface area contributed by atoms with Crippen molar-refractivity contribution < 1.29 is 0 Å². The minimum Gasteiger partial charge on any atom is -0.347 e. The van der Waals surface area contributed by atoms with Gasteiger partial charge >= 0.3 is 0 Å². The number of aryl methyl sites for hydroxylation is 1. The minimum atomic E-state index is 0.292. The van der Waals surface area contributed by atoms with Gasteiger partial charge in [-0.05, 0) is 35.7 Å². The van der Waals surface area contributed by atoms with Gasteiger partial charge < -0.3 is 4.90 Å². The van der Waals surface area contributed by atoms with Gasteiger partial charge in [-0.1, -0.05) is 60.7 Å². The molecular formula is C21H18ClN3S. The predicted molar refractivity (Wildman–Crippen MR) is 110 cm³/mol. The first kappa shape index (κ1) is 17.0. The summed E-state index contributed by atoms with van der Waals surface area (Å²) in [5.41, 5.74) is 2.47. The zero-order valence-corrected chi connectivity index (χ0v) is 16.0. The molecule has 0 aliphatic heterocycles. The number of rotatable bonds is 5. The SMILES string of the molecule is Cc1cc2c(N(Cc3ccccc3)Cc3ccccc3)nc(Cl)nc2s1. The number of aromatic nitrogens is 2. The van der Waals surface area contributed by atoms with Crippen LogP contribution in [0.2, 0.25) is 5.28 Å². The third-order valence-corrected chi connectivity index (χ3v) is 5.31. The summed E-state index contributed by atoms with van der Waals surface area (Å²) in [6.45, 7) is 3.60. The van der Waals surface area contributed by atoms with Crippen molar-refractivity contribution in [2.75, 3.05) is 4.90 Å². The lowest BCUT2D eigenvalue weighted by molar-refractivity contribution is 0.786. The lowest BCUT2D eigenvalue weighted by Crippen LogP contribution is -2.23. The molecule has 0 amide bonds. The van der Waals surface area contributed by atoms with Crippen LogP contribution < -0.4 is 4.90 Å². The van der Waals surface area contributed by atoms with Gasteiger partial charge in [-0.15, -0.1) is 11.3 Å². The Balaban J connectivity index is 1.79. The van der Waals surface area contributed by atoms with Crippen molar-refractivity contribution in [1.82, 2.24) is 9.97 Å². The number of hydrogen-bond acceptors (Lipinski definition) is 4. The number of hydrogen-bond donors (Lipinski definition) is 0. The van der Waals surface area contributed by atoms with Crippen LogP contribution in [-0.2, 0) is 13.1 Å². The Morgan fingerprint density at radius 2 is 1.46 bits per heavy atom. The zero-order chi connectivity index (χ0) is 17.9. The highest BCUT2D eigenvalue weighted by Crippen LogP contribution is 2.33. The van der Waals surface area contributed by atoms with Gasteiger partial charge in [0.1, 0.15) is 10.6 Å². The molecule has 3 nitrogen and oxygen atoms in total. The van der Waals surface area contributed by atoms with Gasteiger partial charge in [-0.25, -0.2) is 4.98 Å². The first-order valence-corrected chi connectivity index (χ1v) is 9.65. The van der Waals surface area contributed by atoms with Crippen molar-refractivity contribution in [3.63, 3.8) is 0 Å². The van der Waals surface area contributed by atoms with E-state index in [2.05, 4.69) is 76.4 Å². The quantitative estimate of drug-likeness (QED) is 0.406. The van der Waals surface area contributed by atoms with Gasteiger partial charge in [0, 0.05) is 18.0 Å². The van der Waals surface area contributed by atoms with E-state index in [1.165, 1.54) is 16.0 Å². The first-order valence-electron chi connectivity index (χ1n) is 8.45.